The van der Waals surface area contributed by atoms with Crippen LogP contribution in [0.15, 0.2) is 5.38 Å². The lowest BCUT2D eigenvalue weighted by atomic mass is 10.3. The van der Waals surface area contributed by atoms with Crippen molar-refractivity contribution < 1.29 is 14.3 Å². The molecular weight excluding hydrogens is 228 g/mol. The van der Waals surface area contributed by atoms with Gasteiger partial charge < -0.3 is 4.74 Å². The number of rotatable bonds is 4. The number of carbonyl (C=O) groups is 2. The Hall–Kier alpha value is -1.87. The molecule has 0 saturated heterocycles. The molecule has 84 valence electrons. The number of hydrogen-bond acceptors (Lipinski definition) is 5. The lowest BCUT2D eigenvalue weighted by Gasteiger charge is -1.98. The topological polar surface area (TPSA) is 68.3 Å². The molecule has 16 heavy (non-hydrogen) atoms. The number of esters is 1. The van der Waals surface area contributed by atoms with Crippen molar-refractivity contribution in [3.8, 4) is 12.3 Å². The molecule has 0 unspecified atom stereocenters. The van der Waals surface area contributed by atoms with Gasteiger partial charge >= 0.3 is 11.9 Å². The number of nitrogens with zero attached hydrogens (tertiary/aromatic N) is 1. The number of hydrogen-bond donors (Lipinski definition) is 1. The number of aromatic nitrogens is 1. The van der Waals surface area contributed by atoms with Gasteiger partial charge in [-0.1, -0.05) is 0 Å². The van der Waals surface area contributed by atoms with E-state index >= 15 is 0 Å². The first-order chi connectivity index (χ1) is 7.65. The number of anilines is 1. The SMILES string of the molecule is C#CC(=O)Nc1nc(CC(=O)OCC)cs1. The fourth-order valence-corrected chi connectivity index (χ4v) is 1.64. The minimum Gasteiger partial charge on any atom is -0.466 e. The molecule has 0 aromatic carbocycles. The van der Waals surface area contributed by atoms with Crippen LogP contribution in [0.5, 0.6) is 0 Å². The molecule has 0 aliphatic rings. The fourth-order valence-electron chi connectivity index (χ4n) is 0.939. The third-order valence-electron chi connectivity index (χ3n) is 1.53. The lowest BCUT2D eigenvalue weighted by Crippen LogP contribution is -2.09. The second-order valence-corrected chi connectivity index (χ2v) is 3.58. The van der Waals surface area contributed by atoms with E-state index in [0.717, 1.165) is 0 Å². The molecule has 0 atom stereocenters. The molecule has 0 spiro atoms. The first-order valence-electron chi connectivity index (χ1n) is 4.53. The van der Waals surface area contributed by atoms with Gasteiger partial charge in [-0.15, -0.1) is 17.8 Å². The Kier molecular flexibility index (Phi) is 4.48. The summed E-state index contributed by atoms with van der Waals surface area (Å²) in [5, 5.41) is 4.44. The highest BCUT2D eigenvalue weighted by Crippen LogP contribution is 2.15. The summed E-state index contributed by atoms with van der Waals surface area (Å²) < 4.78 is 4.76. The van der Waals surface area contributed by atoms with Crippen molar-refractivity contribution in [3.63, 3.8) is 0 Å². The quantitative estimate of drug-likeness (QED) is 0.623. The number of ether oxygens (including phenoxy) is 1. The van der Waals surface area contributed by atoms with Crippen molar-refractivity contribution in [3.05, 3.63) is 11.1 Å². The van der Waals surface area contributed by atoms with E-state index in [1.807, 2.05) is 5.92 Å². The number of amides is 1. The second-order valence-electron chi connectivity index (χ2n) is 2.72. The molecule has 0 aliphatic heterocycles. The van der Waals surface area contributed by atoms with Crippen LogP contribution in [0, 0.1) is 12.3 Å². The largest absolute Gasteiger partial charge is 0.466 e. The van der Waals surface area contributed by atoms with Gasteiger partial charge in [0.1, 0.15) is 0 Å². The second kappa shape index (κ2) is 5.88. The smallest absolute Gasteiger partial charge is 0.311 e. The predicted octanol–water partition coefficient (Wildman–Crippen LogP) is 0.820. The Bertz CT molecular complexity index is 434. The molecule has 0 radical (unpaired) electrons. The van der Waals surface area contributed by atoms with E-state index < -0.39 is 5.91 Å². The summed E-state index contributed by atoms with van der Waals surface area (Å²) in [6, 6.07) is 0. The molecule has 0 aliphatic carbocycles. The Labute approximate surface area is 96.8 Å². The Morgan fingerprint density at radius 3 is 3.06 bits per heavy atom. The number of terminal acetylenes is 1. The molecule has 5 nitrogen and oxygen atoms in total. The number of nitrogens with one attached hydrogen (secondary N) is 1. The van der Waals surface area contributed by atoms with E-state index in [1.165, 1.54) is 11.3 Å². The monoisotopic (exact) mass is 238 g/mol. The molecular formula is C10H10N2O3S. The molecule has 1 aromatic heterocycles. The van der Waals surface area contributed by atoms with Crippen LogP contribution in [-0.4, -0.2) is 23.5 Å². The first kappa shape index (κ1) is 12.2. The minimum absolute atomic E-state index is 0.0935. The van der Waals surface area contributed by atoms with Crippen molar-refractivity contribution in [1.82, 2.24) is 4.98 Å². The highest BCUT2D eigenvalue weighted by molar-refractivity contribution is 7.14. The molecule has 6 heteroatoms. The number of carbonyl (C=O) groups excluding carboxylic acids is 2. The summed E-state index contributed by atoms with van der Waals surface area (Å²) in [4.78, 5) is 26.0. The van der Waals surface area contributed by atoms with E-state index in [4.69, 9.17) is 11.2 Å². The van der Waals surface area contributed by atoms with Crippen molar-refractivity contribution in [1.29, 1.82) is 0 Å². The molecule has 0 fully saturated rings. The van der Waals surface area contributed by atoms with Gasteiger partial charge in [0, 0.05) is 5.38 Å². The van der Waals surface area contributed by atoms with Crippen LogP contribution in [-0.2, 0) is 20.7 Å². The lowest BCUT2D eigenvalue weighted by molar-refractivity contribution is -0.142. The van der Waals surface area contributed by atoms with E-state index in [1.54, 1.807) is 12.3 Å². The molecule has 1 rings (SSSR count). The van der Waals surface area contributed by atoms with E-state index in [0.29, 0.717) is 17.4 Å². The van der Waals surface area contributed by atoms with Crippen LogP contribution in [0.2, 0.25) is 0 Å². The maximum absolute atomic E-state index is 11.1. The van der Waals surface area contributed by atoms with Crippen molar-refractivity contribution in [2.24, 2.45) is 0 Å². The van der Waals surface area contributed by atoms with Gasteiger partial charge in [-0.2, -0.15) is 0 Å². The van der Waals surface area contributed by atoms with E-state index in [-0.39, 0.29) is 12.4 Å². The van der Waals surface area contributed by atoms with Crippen molar-refractivity contribution in [2.45, 2.75) is 13.3 Å². The van der Waals surface area contributed by atoms with Gasteiger partial charge in [-0.3, -0.25) is 14.9 Å². The Morgan fingerprint density at radius 1 is 1.69 bits per heavy atom. The van der Waals surface area contributed by atoms with Crippen LogP contribution in [0.1, 0.15) is 12.6 Å². The molecule has 0 bridgehead atoms. The average molecular weight is 238 g/mol. The summed E-state index contributed by atoms with van der Waals surface area (Å²) in [6.45, 7) is 2.07. The van der Waals surface area contributed by atoms with Crippen molar-refractivity contribution >= 4 is 28.3 Å². The normalized spacial score (nSPS) is 9.25. The Balaban J connectivity index is 2.55. The molecule has 0 saturated carbocycles. The van der Waals surface area contributed by atoms with E-state index in [9.17, 15) is 9.59 Å². The third kappa shape index (κ3) is 3.71. The summed E-state index contributed by atoms with van der Waals surface area (Å²) in [6.07, 6.45) is 4.98. The summed E-state index contributed by atoms with van der Waals surface area (Å²) in [5.41, 5.74) is 0.552. The van der Waals surface area contributed by atoms with Crippen LogP contribution in [0.3, 0.4) is 0 Å². The van der Waals surface area contributed by atoms with Crippen LogP contribution < -0.4 is 5.32 Å². The molecule has 1 amide bonds. The highest BCUT2D eigenvalue weighted by atomic mass is 32.1. The van der Waals surface area contributed by atoms with Gasteiger partial charge in [0.05, 0.1) is 18.7 Å². The highest BCUT2D eigenvalue weighted by Gasteiger charge is 2.09. The van der Waals surface area contributed by atoms with Crippen LogP contribution in [0.4, 0.5) is 5.13 Å². The molecule has 1 aromatic rings. The van der Waals surface area contributed by atoms with Crippen molar-refractivity contribution in [2.75, 3.05) is 11.9 Å². The van der Waals surface area contributed by atoms with Gasteiger partial charge in [-0.05, 0) is 12.8 Å². The van der Waals surface area contributed by atoms with Gasteiger partial charge in [-0.25, -0.2) is 4.98 Å². The van der Waals surface area contributed by atoms with Crippen LogP contribution >= 0.6 is 11.3 Å². The van der Waals surface area contributed by atoms with E-state index in [2.05, 4.69) is 10.3 Å². The zero-order chi connectivity index (χ0) is 12.0. The average Bonchev–Trinajstić information content (AvgIpc) is 2.65. The summed E-state index contributed by atoms with van der Waals surface area (Å²) >= 11 is 1.21. The van der Waals surface area contributed by atoms with Gasteiger partial charge in [0.2, 0.25) is 0 Å². The summed E-state index contributed by atoms with van der Waals surface area (Å²) in [5.74, 6) is 1.01. The van der Waals surface area contributed by atoms with Gasteiger partial charge in [0.15, 0.2) is 5.13 Å². The maximum atomic E-state index is 11.1. The third-order valence-corrected chi connectivity index (χ3v) is 2.34. The van der Waals surface area contributed by atoms with Gasteiger partial charge in [0.25, 0.3) is 0 Å². The predicted molar refractivity (Wildman–Crippen MR) is 59.9 cm³/mol. The zero-order valence-corrected chi connectivity index (χ0v) is 9.47. The summed E-state index contributed by atoms with van der Waals surface area (Å²) in [7, 11) is 0. The standard InChI is InChI=1S/C10H10N2O3S/c1-3-8(13)12-10-11-7(6-16-10)5-9(14)15-4-2/h1,6H,4-5H2,2H3,(H,11,12,13). The zero-order valence-electron chi connectivity index (χ0n) is 8.65. The molecule has 1 N–H and O–H groups in total. The fraction of sp³-hybridized carbons (Fsp3) is 0.300. The minimum atomic E-state index is -0.558. The number of thiazole rings is 1. The first-order valence-corrected chi connectivity index (χ1v) is 5.41. The Morgan fingerprint density at radius 2 is 2.44 bits per heavy atom. The molecule has 1 heterocycles. The maximum Gasteiger partial charge on any atom is 0.311 e. The van der Waals surface area contributed by atoms with Crippen LogP contribution in [0.25, 0.3) is 0 Å².